The number of rotatable bonds is 6. The van der Waals surface area contributed by atoms with Crippen molar-refractivity contribution in [3.63, 3.8) is 0 Å². The van der Waals surface area contributed by atoms with Gasteiger partial charge in [0.05, 0.1) is 5.69 Å². The Morgan fingerprint density at radius 1 is 1.21 bits per heavy atom. The number of aromatic nitrogens is 1. The van der Waals surface area contributed by atoms with Gasteiger partial charge < -0.3 is 9.84 Å². The number of ether oxygens (including phenoxy) is 1. The zero-order chi connectivity index (χ0) is 16.8. The molecular formula is C20H21NO3. The van der Waals surface area contributed by atoms with Crippen LogP contribution in [0.5, 0.6) is 5.75 Å². The van der Waals surface area contributed by atoms with Crippen LogP contribution in [0.25, 0.3) is 6.08 Å². The largest absolute Gasteiger partial charge is 0.486 e. The summed E-state index contributed by atoms with van der Waals surface area (Å²) >= 11 is 0. The third-order valence-corrected chi connectivity index (χ3v) is 4.37. The van der Waals surface area contributed by atoms with E-state index in [1.165, 1.54) is 18.4 Å². The highest BCUT2D eigenvalue weighted by atomic mass is 16.5. The minimum atomic E-state index is -0.961. The summed E-state index contributed by atoms with van der Waals surface area (Å²) in [6, 6.07) is 11.7. The van der Waals surface area contributed by atoms with E-state index in [4.69, 9.17) is 9.84 Å². The van der Waals surface area contributed by atoms with Crippen molar-refractivity contribution in [3.8, 4) is 5.75 Å². The number of hydrogen-bond acceptors (Lipinski definition) is 3. The lowest BCUT2D eigenvalue weighted by Crippen LogP contribution is -2.04. The van der Waals surface area contributed by atoms with Crippen molar-refractivity contribution in [1.82, 2.24) is 4.98 Å². The molecule has 1 aliphatic rings. The summed E-state index contributed by atoms with van der Waals surface area (Å²) < 4.78 is 6.09. The number of carboxylic acid groups (broad SMARTS) is 1. The first-order valence-electron chi connectivity index (χ1n) is 8.30. The van der Waals surface area contributed by atoms with Crippen LogP contribution in [-0.4, -0.2) is 16.1 Å². The monoisotopic (exact) mass is 323 g/mol. The number of aliphatic carboxylic acids is 1. The Balaban J connectivity index is 1.90. The molecule has 0 unspecified atom stereocenters. The molecule has 0 aliphatic heterocycles. The SMILES string of the molecule is O=C(O)/C=C/c1cccc(C2CCCC2)c1OCc1ccccn1. The van der Waals surface area contributed by atoms with Crippen LogP contribution in [0, 0.1) is 0 Å². The van der Waals surface area contributed by atoms with Gasteiger partial charge in [0.1, 0.15) is 12.4 Å². The summed E-state index contributed by atoms with van der Waals surface area (Å²) in [7, 11) is 0. The second-order valence-corrected chi connectivity index (χ2v) is 6.03. The van der Waals surface area contributed by atoms with Crippen LogP contribution in [0.2, 0.25) is 0 Å². The fourth-order valence-electron chi connectivity index (χ4n) is 3.22. The Morgan fingerprint density at radius 3 is 2.75 bits per heavy atom. The minimum Gasteiger partial charge on any atom is -0.486 e. The average molecular weight is 323 g/mol. The third-order valence-electron chi connectivity index (χ3n) is 4.37. The van der Waals surface area contributed by atoms with Crippen LogP contribution < -0.4 is 4.74 Å². The lowest BCUT2D eigenvalue weighted by Gasteiger charge is -2.18. The number of benzene rings is 1. The van der Waals surface area contributed by atoms with Gasteiger partial charge in [-0.1, -0.05) is 37.1 Å². The highest BCUT2D eigenvalue weighted by Gasteiger charge is 2.22. The second-order valence-electron chi connectivity index (χ2n) is 6.03. The Labute approximate surface area is 141 Å². The predicted octanol–water partition coefficient (Wildman–Crippen LogP) is 4.42. The summed E-state index contributed by atoms with van der Waals surface area (Å²) in [4.78, 5) is 15.2. The summed E-state index contributed by atoms with van der Waals surface area (Å²) in [5.74, 6) is 0.311. The average Bonchev–Trinajstić information content (AvgIpc) is 3.13. The molecule has 0 bridgehead atoms. The molecule has 1 aliphatic carbocycles. The van der Waals surface area contributed by atoms with Gasteiger partial charge in [0.25, 0.3) is 0 Å². The molecule has 0 radical (unpaired) electrons. The number of para-hydroxylation sites is 1. The summed E-state index contributed by atoms with van der Waals surface area (Å²) in [6.07, 6.45) is 9.29. The van der Waals surface area contributed by atoms with Gasteiger partial charge in [0, 0.05) is 17.8 Å². The maximum absolute atomic E-state index is 10.9. The van der Waals surface area contributed by atoms with E-state index in [0.717, 1.165) is 35.9 Å². The van der Waals surface area contributed by atoms with E-state index < -0.39 is 5.97 Å². The Kier molecular flexibility index (Phi) is 5.26. The van der Waals surface area contributed by atoms with Crippen LogP contribution in [0.15, 0.2) is 48.7 Å². The molecule has 24 heavy (non-hydrogen) atoms. The zero-order valence-electron chi connectivity index (χ0n) is 13.5. The van der Waals surface area contributed by atoms with Crippen LogP contribution in [0.3, 0.4) is 0 Å². The molecule has 1 fully saturated rings. The fraction of sp³-hybridized carbons (Fsp3) is 0.300. The van der Waals surface area contributed by atoms with E-state index in [9.17, 15) is 4.79 Å². The Morgan fingerprint density at radius 2 is 2.04 bits per heavy atom. The van der Waals surface area contributed by atoms with Crippen molar-refractivity contribution in [2.45, 2.75) is 38.2 Å². The summed E-state index contributed by atoms with van der Waals surface area (Å²) in [6.45, 7) is 0.373. The lowest BCUT2D eigenvalue weighted by molar-refractivity contribution is -0.131. The van der Waals surface area contributed by atoms with Crippen LogP contribution in [0.1, 0.15) is 48.4 Å². The number of carbonyl (C=O) groups is 1. The Hall–Kier alpha value is -2.62. The molecule has 1 heterocycles. The normalized spacial score (nSPS) is 15.0. The van der Waals surface area contributed by atoms with Crippen molar-refractivity contribution in [1.29, 1.82) is 0 Å². The zero-order valence-corrected chi connectivity index (χ0v) is 13.5. The molecule has 0 saturated heterocycles. The summed E-state index contributed by atoms with van der Waals surface area (Å²) in [5.41, 5.74) is 2.83. The van der Waals surface area contributed by atoms with E-state index in [-0.39, 0.29) is 0 Å². The number of nitrogens with zero attached hydrogens (tertiary/aromatic N) is 1. The standard InChI is InChI=1S/C20H21NO3/c22-19(23)12-11-16-8-5-10-18(15-6-1-2-7-15)20(16)24-14-17-9-3-4-13-21-17/h3-5,8-13,15H,1-2,6-7,14H2,(H,22,23)/b12-11+. The summed E-state index contributed by atoms with van der Waals surface area (Å²) in [5, 5.41) is 8.92. The van der Waals surface area contributed by atoms with Crippen molar-refractivity contribution in [2.75, 3.05) is 0 Å². The van der Waals surface area contributed by atoms with Gasteiger partial charge in [-0.25, -0.2) is 4.79 Å². The highest BCUT2D eigenvalue weighted by molar-refractivity contribution is 5.86. The van der Waals surface area contributed by atoms with Gasteiger partial charge in [-0.2, -0.15) is 0 Å². The van der Waals surface area contributed by atoms with E-state index in [2.05, 4.69) is 11.1 Å². The molecule has 124 valence electrons. The van der Waals surface area contributed by atoms with Crippen LogP contribution in [-0.2, 0) is 11.4 Å². The van der Waals surface area contributed by atoms with Crippen molar-refractivity contribution < 1.29 is 14.6 Å². The highest BCUT2D eigenvalue weighted by Crippen LogP contribution is 2.40. The fourth-order valence-corrected chi connectivity index (χ4v) is 3.22. The maximum atomic E-state index is 10.9. The first-order chi connectivity index (χ1) is 11.7. The van der Waals surface area contributed by atoms with Gasteiger partial charge in [-0.3, -0.25) is 4.98 Å². The second kappa shape index (κ2) is 7.77. The molecule has 1 aromatic heterocycles. The molecule has 4 heteroatoms. The molecule has 4 nitrogen and oxygen atoms in total. The number of hydrogen-bond donors (Lipinski definition) is 1. The van der Waals surface area contributed by atoms with Crippen molar-refractivity contribution in [3.05, 3.63) is 65.5 Å². The molecule has 0 atom stereocenters. The van der Waals surface area contributed by atoms with E-state index in [1.807, 2.05) is 30.3 Å². The molecule has 1 aromatic carbocycles. The first kappa shape index (κ1) is 16.2. The van der Waals surface area contributed by atoms with Crippen LogP contribution in [0.4, 0.5) is 0 Å². The molecule has 3 rings (SSSR count). The lowest BCUT2D eigenvalue weighted by atomic mass is 9.94. The van der Waals surface area contributed by atoms with Gasteiger partial charge >= 0.3 is 5.97 Å². The molecule has 0 spiro atoms. The van der Waals surface area contributed by atoms with Crippen LogP contribution >= 0.6 is 0 Å². The topological polar surface area (TPSA) is 59.4 Å². The molecule has 0 amide bonds. The quantitative estimate of drug-likeness (QED) is 0.800. The van der Waals surface area contributed by atoms with E-state index in [1.54, 1.807) is 12.3 Å². The van der Waals surface area contributed by atoms with Gasteiger partial charge in [0.2, 0.25) is 0 Å². The van der Waals surface area contributed by atoms with E-state index in [0.29, 0.717) is 12.5 Å². The molecule has 1 saturated carbocycles. The smallest absolute Gasteiger partial charge is 0.328 e. The van der Waals surface area contributed by atoms with E-state index >= 15 is 0 Å². The van der Waals surface area contributed by atoms with Gasteiger partial charge in [-0.05, 0) is 42.5 Å². The number of pyridine rings is 1. The Bertz CT molecular complexity index is 719. The molecule has 1 N–H and O–H groups in total. The van der Waals surface area contributed by atoms with Crippen molar-refractivity contribution in [2.24, 2.45) is 0 Å². The maximum Gasteiger partial charge on any atom is 0.328 e. The third kappa shape index (κ3) is 4.02. The minimum absolute atomic E-state index is 0.373. The van der Waals surface area contributed by atoms with Gasteiger partial charge in [-0.15, -0.1) is 0 Å². The molecular weight excluding hydrogens is 302 g/mol. The van der Waals surface area contributed by atoms with Gasteiger partial charge in [0.15, 0.2) is 0 Å². The molecule has 2 aromatic rings. The first-order valence-corrected chi connectivity index (χ1v) is 8.30. The van der Waals surface area contributed by atoms with Crippen molar-refractivity contribution >= 4 is 12.0 Å². The predicted molar refractivity (Wildman–Crippen MR) is 92.9 cm³/mol. The number of carboxylic acids is 1.